The van der Waals surface area contributed by atoms with Crippen molar-refractivity contribution in [2.75, 3.05) is 14.2 Å². The smallest absolute Gasteiger partial charge is 0.173 e. The molecule has 1 aromatic carbocycles. The number of benzene rings is 1. The van der Waals surface area contributed by atoms with Crippen molar-refractivity contribution < 1.29 is 19.1 Å². The fourth-order valence-electron chi connectivity index (χ4n) is 2.65. The molecule has 0 aliphatic rings. The number of thiophene rings is 1. The Hall–Kier alpha value is -1.88. The molecule has 1 heterocycles. The first-order valence-electron chi connectivity index (χ1n) is 7.56. The van der Waals surface area contributed by atoms with Gasteiger partial charge in [0.25, 0.3) is 0 Å². The second-order valence-corrected chi connectivity index (χ2v) is 7.03. The Morgan fingerprint density at radius 3 is 2.22 bits per heavy atom. The molecular formula is C18H22O4S. The van der Waals surface area contributed by atoms with Gasteiger partial charge in [0.15, 0.2) is 17.3 Å². The maximum absolute atomic E-state index is 12.5. The van der Waals surface area contributed by atoms with Gasteiger partial charge >= 0.3 is 0 Å². The van der Waals surface area contributed by atoms with Gasteiger partial charge in [-0.15, -0.1) is 11.3 Å². The molecule has 0 N–H and O–H groups in total. The van der Waals surface area contributed by atoms with Crippen LogP contribution >= 0.6 is 11.3 Å². The number of carbonyl (C=O) groups is 2. The summed E-state index contributed by atoms with van der Waals surface area (Å²) < 4.78 is 11.6. The summed E-state index contributed by atoms with van der Waals surface area (Å²) in [4.78, 5) is 24.9. The standard InChI is InChI=1S/C18H22O4S/c1-10(2)13(11(3)19)8-14(20)18-7-12-6-15(21-4)16(22-5)9-17(12)23-18/h6-7,9-10,13H,8H2,1-5H3. The number of hydrogen-bond acceptors (Lipinski definition) is 5. The number of fused-ring (bicyclic) bond motifs is 1. The van der Waals surface area contributed by atoms with Crippen molar-refractivity contribution in [2.24, 2.45) is 11.8 Å². The summed E-state index contributed by atoms with van der Waals surface area (Å²) in [6.45, 7) is 5.50. The second kappa shape index (κ2) is 7.13. The molecule has 1 unspecified atom stereocenters. The largest absolute Gasteiger partial charge is 0.493 e. The number of Topliss-reactive ketones (excluding diaryl/α,β-unsaturated/α-hetero) is 2. The van der Waals surface area contributed by atoms with Crippen molar-refractivity contribution in [3.63, 3.8) is 0 Å². The topological polar surface area (TPSA) is 52.6 Å². The number of rotatable bonds is 7. The molecule has 4 nitrogen and oxygen atoms in total. The number of ether oxygens (including phenoxy) is 2. The molecule has 0 aliphatic heterocycles. The summed E-state index contributed by atoms with van der Waals surface area (Å²) in [5.74, 6) is 1.30. The van der Waals surface area contributed by atoms with Crippen molar-refractivity contribution in [2.45, 2.75) is 27.2 Å². The van der Waals surface area contributed by atoms with Gasteiger partial charge in [-0.1, -0.05) is 13.8 Å². The van der Waals surface area contributed by atoms with E-state index < -0.39 is 0 Å². The number of hydrogen-bond donors (Lipinski definition) is 0. The molecule has 1 aromatic heterocycles. The summed E-state index contributed by atoms with van der Waals surface area (Å²) in [5, 5.41) is 0.944. The highest BCUT2D eigenvalue weighted by molar-refractivity contribution is 7.20. The highest BCUT2D eigenvalue weighted by Crippen LogP contribution is 2.37. The van der Waals surface area contributed by atoms with E-state index in [1.165, 1.54) is 11.3 Å². The van der Waals surface area contributed by atoms with Gasteiger partial charge in [-0.2, -0.15) is 0 Å². The Morgan fingerprint density at radius 2 is 1.70 bits per heavy atom. The van der Waals surface area contributed by atoms with Crippen LogP contribution in [0.4, 0.5) is 0 Å². The molecule has 0 bridgehead atoms. The molecule has 0 fully saturated rings. The lowest BCUT2D eigenvalue weighted by atomic mass is 9.87. The lowest BCUT2D eigenvalue weighted by Gasteiger charge is -2.16. The summed E-state index contributed by atoms with van der Waals surface area (Å²) in [6, 6.07) is 5.61. The first-order valence-corrected chi connectivity index (χ1v) is 8.38. The van der Waals surface area contributed by atoms with Crippen LogP contribution in [0.5, 0.6) is 11.5 Å². The van der Waals surface area contributed by atoms with Gasteiger partial charge in [0.2, 0.25) is 0 Å². The zero-order chi connectivity index (χ0) is 17.1. The minimum atomic E-state index is -0.225. The molecule has 5 heteroatoms. The molecule has 0 spiro atoms. The van der Waals surface area contributed by atoms with Crippen LogP contribution in [0.3, 0.4) is 0 Å². The fourth-order valence-corrected chi connectivity index (χ4v) is 3.67. The highest BCUT2D eigenvalue weighted by atomic mass is 32.1. The molecule has 0 amide bonds. The van der Waals surface area contributed by atoms with Crippen LogP contribution in [0.1, 0.15) is 36.9 Å². The lowest BCUT2D eigenvalue weighted by Crippen LogP contribution is -2.21. The van der Waals surface area contributed by atoms with E-state index in [1.54, 1.807) is 21.1 Å². The van der Waals surface area contributed by atoms with Gasteiger partial charge in [-0.05, 0) is 30.4 Å². The molecule has 23 heavy (non-hydrogen) atoms. The molecule has 0 radical (unpaired) electrons. The van der Waals surface area contributed by atoms with Crippen molar-refractivity contribution in [1.29, 1.82) is 0 Å². The zero-order valence-electron chi connectivity index (χ0n) is 14.1. The molecule has 0 saturated heterocycles. The average Bonchev–Trinajstić information content (AvgIpc) is 2.92. The Balaban J connectivity index is 2.33. The molecule has 0 aliphatic carbocycles. The average molecular weight is 334 g/mol. The van der Waals surface area contributed by atoms with Gasteiger partial charge in [-0.3, -0.25) is 9.59 Å². The van der Waals surface area contributed by atoms with Crippen LogP contribution in [0, 0.1) is 11.8 Å². The van der Waals surface area contributed by atoms with Gasteiger partial charge in [0, 0.05) is 23.1 Å². The maximum Gasteiger partial charge on any atom is 0.173 e. The summed E-state index contributed by atoms with van der Waals surface area (Å²) in [5.41, 5.74) is 0. The fraction of sp³-hybridized carbons (Fsp3) is 0.444. The van der Waals surface area contributed by atoms with Crippen LogP contribution in [-0.4, -0.2) is 25.8 Å². The quantitative estimate of drug-likeness (QED) is 0.706. The molecule has 124 valence electrons. The summed E-state index contributed by atoms with van der Waals surface area (Å²) in [7, 11) is 3.17. The predicted molar refractivity (Wildman–Crippen MR) is 92.9 cm³/mol. The second-order valence-electron chi connectivity index (χ2n) is 5.94. The highest BCUT2D eigenvalue weighted by Gasteiger charge is 2.23. The Kier molecular flexibility index (Phi) is 5.42. The number of methoxy groups -OCH3 is 2. The van der Waals surface area contributed by atoms with Crippen molar-refractivity contribution in [3.8, 4) is 11.5 Å². The Bertz CT molecular complexity index is 689. The molecule has 0 saturated carbocycles. The number of carbonyl (C=O) groups excluding carboxylic acids is 2. The summed E-state index contributed by atoms with van der Waals surface area (Å²) >= 11 is 1.42. The molecule has 2 rings (SSSR count). The van der Waals surface area contributed by atoms with Crippen LogP contribution in [0.2, 0.25) is 0 Å². The van der Waals surface area contributed by atoms with Gasteiger partial charge in [0.05, 0.1) is 19.1 Å². The van der Waals surface area contributed by atoms with Crippen molar-refractivity contribution in [3.05, 3.63) is 23.1 Å². The predicted octanol–water partition coefficient (Wildman–Crippen LogP) is 4.35. The minimum absolute atomic E-state index is 0.0121. The Labute approximate surface area is 140 Å². The first kappa shape index (κ1) is 17.5. The third-order valence-corrected chi connectivity index (χ3v) is 5.17. The Morgan fingerprint density at radius 1 is 1.09 bits per heavy atom. The molecule has 2 aromatic rings. The third-order valence-electron chi connectivity index (χ3n) is 4.03. The van der Waals surface area contributed by atoms with Crippen LogP contribution in [-0.2, 0) is 4.79 Å². The van der Waals surface area contributed by atoms with E-state index >= 15 is 0 Å². The van der Waals surface area contributed by atoms with E-state index in [0.717, 1.165) is 10.1 Å². The van der Waals surface area contributed by atoms with E-state index in [4.69, 9.17) is 9.47 Å². The molecule has 1 atom stereocenters. The van der Waals surface area contributed by atoms with Crippen LogP contribution in [0.15, 0.2) is 18.2 Å². The number of ketones is 2. The van der Waals surface area contributed by atoms with E-state index in [-0.39, 0.29) is 29.8 Å². The van der Waals surface area contributed by atoms with E-state index in [9.17, 15) is 9.59 Å². The van der Waals surface area contributed by atoms with Crippen LogP contribution in [0.25, 0.3) is 10.1 Å². The van der Waals surface area contributed by atoms with E-state index in [2.05, 4.69) is 0 Å². The normalized spacial score (nSPS) is 12.4. The van der Waals surface area contributed by atoms with Crippen molar-refractivity contribution in [1.82, 2.24) is 0 Å². The summed E-state index contributed by atoms with van der Waals surface area (Å²) in [6.07, 6.45) is 0.258. The van der Waals surface area contributed by atoms with E-state index in [0.29, 0.717) is 16.4 Å². The zero-order valence-corrected chi connectivity index (χ0v) is 15.0. The minimum Gasteiger partial charge on any atom is -0.493 e. The molecular weight excluding hydrogens is 312 g/mol. The van der Waals surface area contributed by atoms with Crippen molar-refractivity contribution >= 4 is 33.0 Å². The monoisotopic (exact) mass is 334 g/mol. The van der Waals surface area contributed by atoms with Gasteiger partial charge < -0.3 is 9.47 Å². The van der Waals surface area contributed by atoms with E-state index in [1.807, 2.05) is 32.0 Å². The van der Waals surface area contributed by atoms with Gasteiger partial charge in [-0.25, -0.2) is 0 Å². The first-order chi connectivity index (χ1) is 10.9. The maximum atomic E-state index is 12.5. The SMILES string of the molecule is COc1cc2cc(C(=O)CC(C(C)=O)C(C)C)sc2cc1OC. The third kappa shape index (κ3) is 3.72. The van der Waals surface area contributed by atoms with Crippen LogP contribution < -0.4 is 9.47 Å². The van der Waals surface area contributed by atoms with Gasteiger partial charge in [0.1, 0.15) is 5.78 Å². The lowest BCUT2D eigenvalue weighted by molar-refractivity contribution is -0.121.